The second-order valence-corrected chi connectivity index (χ2v) is 11.1. The topological polar surface area (TPSA) is 131 Å². The molecule has 5 N–H and O–H groups in total. The number of anilines is 1. The van der Waals surface area contributed by atoms with Gasteiger partial charge in [0.25, 0.3) is 5.56 Å². The van der Waals surface area contributed by atoms with E-state index in [0.717, 1.165) is 59.1 Å². The van der Waals surface area contributed by atoms with Crippen LogP contribution in [0.15, 0.2) is 53.6 Å². The molecule has 1 unspecified atom stereocenters. The Hall–Kier alpha value is -4.28. The van der Waals surface area contributed by atoms with Crippen molar-refractivity contribution in [2.75, 3.05) is 38.6 Å². The fourth-order valence-electron chi connectivity index (χ4n) is 5.69. The Bertz CT molecular complexity index is 1760. The Morgan fingerprint density at radius 1 is 1.17 bits per heavy atom. The maximum absolute atomic E-state index is 12.9. The second kappa shape index (κ2) is 10.9. The molecule has 6 rings (SSSR count). The highest BCUT2D eigenvalue weighted by atomic mass is 16.5. The van der Waals surface area contributed by atoms with Crippen LogP contribution in [0.25, 0.3) is 33.2 Å². The second-order valence-electron chi connectivity index (χ2n) is 11.1. The number of nitrogens with zero attached hydrogens (tertiary/aromatic N) is 3. The van der Waals surface area contributed by atoms with E-state index >= 15 is 0 Å². The van der Waals surface area contributed by atoms with Gasteiger partial charge in [0.05, 0.1) is 16.7 Å². The first-order valence-corrected chi connectivity index (χ1v) is 14.0. The summed E-state index contributed by atoms with van der Waals surface area (Å²) >= 11 is 0. The smallest absolute Gasteiger partial charge is 0.261 e. The van der Waals surface area contributed by atoms with E-state index in [0.29, 0.717) is 22.6 Å². The predicted molar refractivity (Wildman–Crippen MR) is 161 cm³/mol. The number of imidazole rings is 1. The largest absolute Gasteiger partial charge is 0.494 e. The van der Waals surface area contributed by atoms with Gasteiger partial charge in [-0.15, -0.1) is 0 Å². The number of aliphatic hydroxyl groups is 1. The number of nitrogens with one attached hydrogen (secondary N) is 3. The molecule has 1 saturated heterocycles. The van der Waals surface area contributed by atoms with Crippen LogP contribution >= 0.6 is 0 Å². The van der Waals surface area contributed by atoms with Crippen LogP contribution in [0.4, 0.5) is 5.69 Å². The third-order valence-electron chi connectivity index (χ3n) is 7.99. The number of rotatable bonds is 8. The molecule has 214 valence electrons. The summed E-state index contributed by atoms with van der Waals surface area (Å²) in [5, 5.41) is 26.5. The molecule has 0 radical (unpaired) electrons. The summed E-state index contributed by atoms with van der Waals surface area (Å²) in [6, 6.07) is 11.7. The third kappa shape index (κ3) is 5.40. The molecule has 0 bridgehead atoms. The number of hydrogen-bond donors (Lipinski definition) is 5. The third-order valence-corrected chi connectivity index (χ3v) is 7.99. The van der Waals surface area contributed by atoms with E-state index < -0.39 is 6.10 Å². The molecule has 4 heterocycles. The molecule has 0 spiro atoms. The zero-order valence-corrected chi connectivity index (χ0v) is 23.6. The fourth-order valence-corrected chi connectivity index (χ4v) is 5.69. The lowest BCUT2D eigenvalue weighted by Gasteiger charge is -2.30. The van der Waals surface area contributed by atoms with Crippen LogP contribution < -0.4 is 15.6 Å². The van der Waals surface area contributed by atoms with E-state index in [2.05, 4.69) is 27.2 Å². The number of aryl methyl sites for hydroxylation is 2. The van der Waals surface area contributed by atoms with Crippen LogP contribution in [0, 0.1) is 13.8 Å². The highest BCUT2D eigenvalue weighted by Crippen LogP contribution is 2.36. The zero-order chi connectivity index (χ0) is 28.7. The van der Waals surface area contributed by atoms with Crippen LogP contribution in [-0.2, 0) is 0 Å². The molecule has 41 heavy (non-hydrogen) atoms. The quantitative estimate of drug-likeness (QED) is 0.192. The van der Waals surface area contributed by atoms with Crippen molar-refractivity contribution in [3.63, 3.8) is 0 Å². The average molecular weight is 557 g/mol. The highest BCUT2D eigenvalue weighted by Gasteiger charge is 2.23. The molecule has 2 aromatic carbocycles. The van der Waals surface area contributed by atoms with E-state index in [-0.39, 0.29) is 30.6 Å². The van der Waals surface area contributed by atoms with Crippen molar-refractivity contribution in [1.29, 1.82) is 0 Å². The first-order chi connectivity index (χ1) is 19.8. The SMILES string of the molecule is Cc1ccc(OCC(O)CNc2cc[nH]c(=O)c2-c2nc3cc4c(O)n(C5CCN(C)CC5)cc4cc3[nH]2)c(C)c1. The lowest BCUT2D eigenvalue weighted by Crippen LogP contribution is -2.31. The first-order valence-electron chi connectivity index (χ1n) is 14.0. The zero-order valence-electron chi connectivity index (χ0n) is 23.6. The van der Waals surface area contributed by atoms with Gasteiger partial charge in [0, 0.05) is 35.8 Å². The summed E-state index contributed by atoms with van der Waals surface area (Å²) in [7, 11) is 2.12. The fraction of sp³-hybridized carbons (Fsp3) is 0.355. The van der Waals surface area contributed by atoms with Gasteiger partial charge in [-0.1, -0.05) is 17.7 Å². The lowest BCUT2D eigenvalue weighted by atomic mass is 10.1. The van der Waals surface area contributed by atoms with Crippen LogP contribution in [0.3, 0.4) is 0 Å². The van der Waals surface area contributed by atoms with Crippen molar-refractivity contribution < 1.29 is 14.9 Å². The molecule has 0 amide bonds. The molecule has 1 atom stereocenters. The summed E-state index contributed by atoms with van der Waals surface area (Å²) in [5.74, 6) is 1.38. The van der Waals surface area contributed by atoms with Gasteiger partial charge >= 0.3 is 0 Å². The van der Waals surface area contributed by atoms with Gasteiger partial charge in [-0.25, -0.2) is 4.98 Å². The molecule has 1 aliphatic heterocycles. The van der Waals surface area contributed by atoms with Gasteiger partial charge in [0.15, 0.2) is 5.88 Å². The van der Waals surface area contributed by atoms with E-state index in [4.69, 9.17) is 9.72 Å². The number of aromatic hydroxyl groups is 1. The molecule has 5 aromatic rings. The van der Waals surface area contributed by atoms with Crippen LogP contribution in [0.5, 0.6) is 11.6 Å². The number of benzene rings is 2. The number of fused-ring (bicyclic) bond motifs is 2. The Balaban J connectivity index is 1.22. The Labute approximate surface area is 237 Å². The number of piperidine rings is 1. The van der Waals surface area contributed by atoms with Gasteiger partial charge in [0.2, 0.25) is 0 Å². The van der Waals surface area contributed by atoms with Crippen molar-refractivity contribution in [3.05, 3.63) is 70.3 Å². The first kappa shape index (κ1) is 26.9. The molecular formula is C31H36N6O4. The van der Waals surface area contributed by atoms with Crippen molar-refractivity contribution in [1.82, 2.24) is 24.4 Å². The minimum Gasteiger partial charge on any atom is -0.494 e. The summed E-state index contributed by atoms with van der Waals surface area (Å²) in [4.78, 5) is 26.0. The number of aliphatic hydroxyl groups excluding tert-OH is 1. The molecule has 0 saturated carbocycles. The van der Waals surface area contributed by atoms with Crippen LogP contribution in [0.1, 0.15) is 30.0 Å². The predicted octanol–water partition coefficient (Wildman–Crippen LogP) is 4.31. The Kier molecular flexibility index (Phi) is 7.19. The number of ether oxygens (including phenoxy) is 1. The number of aromatic nitrogens is 4. The summed E-state index contributed by atoms with van der Waals surface area (Å²) < 4.78 is 7.79. The number of pyridine rings is 1. The molecule has 1 fully saturated rings. The average Bonchev–Trinajstić information content (AvgIpc) is 3.50. The lowest BCUT2D eigenvalue weighted by molar-refractivity contribution is 0.117. The van der Waals surface area contributed by atoms with Crippen LogP contribution in [0.2, 0.25) is 0 Å². The standard InChI is InChI=1S/C31H36N6O4/c1-18-4-5-27(19(2)12-18)41-17-22(38)15-33-24-6-9-32-30(39)28(24)29-34-25-13-20-16-37(21-7-10-36(3)11-8-21)31(40)23(20)14-26(25)35-29/h4-6,9,12-14,16,21-22,38,40H,7-8,10-11,15,17H2,1-3H3,(H,34,35)(H2,32,33,39). The molecule has 3 aromatic heterocycles. The number of hydrogen-bond acceptors (Lipinski definition) is 7. The normalized spacial score (nSPS) is 15.5. The van der Waals surface area contributed by atoms with Gasteiger partial charge in [-0.3, -0.25) is 4.79 Å². The maximum Gasteiger partial charge on any atom is 0.261 e. The maximum atomic E-state index is 12.9. The summed E-state index contributed by atoms with van der Waals surface area (Å²) in [5.41, 5.74) is 4.16. The van der Waals surface area contributed by atoms with E-state index in [1.165, 1.54) is 0 Å². The molecular weight excluding hydrogens is 520 g/mol. The van der Waals surface area contributed by atoms with Crippen LogP contribution in [-0.4, -0.2) is 74.0 Å². The van der Waals surface area contributed by atoms with Crippen molar-refractivity contribution >= 4 is 27.5 Å². The van der Waals surface area contributed by atoms with E-state index in [1.54, 1.807) is 12.3 Å². The summed E-state index contributed by atoms with van der Waals surface area (Å²) in [6.45, 7) is 6.29. The molecule has 10 heteroatoms. The van der Waals surface area contributed by atoms with E-state index in [1.807, 2.05) is 54.9 Å². The Morgan fingerprint density at radius 2 is 1.98 bits per heavy atom. The number of aromatic amines is 2. The van der Waals surface area contributed by atoms with Crippen molar-refractivity contribution in [3.8, 4) is 23.0 Å². The molecule has 0 aliphatic carbocycles. The minimum atomic E-state index is -0.803. The van der Waals surface area contributed by atoms with Gasteiger partial charge in [0.1, 0.15) is 29.8 Å². The van der Waals surface area contributed by atoms with Gasteiger partial charge in [-0.05, 0) is 76.7 Å². The Morgan fingerprint density at radius 3 is 2.76 bits per heavy atom. The van der Waals surface area contributed by atoms with Gasteiger partial charge < -0.3 is 39.7 Å². The van der Waals surface area contributed by atoms with E-state index in [9.17, 15) is 15.0 Å². The van der Waals surface area contributed by atoms with Crippen molar-refractivity contribution in [2.24, 2.45) is 0 Å². The van der Waals surface area contributed by atoms with Crippen molar-refractivity contribution in [2.45, 2.75) is 38.8 Å². The molecule has 10 nitrogen and oxygen atoms in total. The van der Waals surface area contributed by atoms with Gasteiger partial charge in [-0.2, -0.15) is 0 Å². The number of H-pyrrole nitrogens is 2. The minimum absolute atomic E-state index is 0.108. The molecule has 1 aliphatic rings. The number of likely N-dealkylation sites (tertiary alicyclic amines) is 1. The highest BCUT2D eigenvalue weighted by molar-refractivity contribution is 5.99. The summed E-state index contributed by atoms with van der Waals surface area (Å²) in [6.07, 6.45) is 4.74. The monoisotopic (exact) mass is 556 g/mol.